The molecule has 2 aliphatic rings. The number of ether oxygens (including phenoxy) is 2. The Labute approximate surface area is 149 Å². The van der Waals surface area contributed by atoms with Gasteiger partial charge >= 0.3 is 0 Å². The smallest absolute Gasteiger partial charge is 0.165 e. The van der Waals surface area contributed by atoms with Gasteiger partial charge in [-0.2, -0.15) is 0 Å². The maximum atomic E-state index is 5.84. The van der Waals surface area contributed by atoms with Crippen LogP contribution in [0.15, 0.2) is 42.7 Å². The van der Waals surface area contributed by atoms with Gasteiger partial charge in [0.05, 0.1) is 0 Å². The highest BCUT2D eigenvalue weighted by atomic mass is 16.6. The Balaban J connectivity index is 1.37. The number of para-hydroxylation sites is 1. The van der Waals surface area contributed by atoms with Crippen molar-refractivity contribution in [3.63, 3.8) is 0 Å². The first-order chi connectivity index (χ1) is 12.3. The largest absolute Gasteiger partial charge is 0.486 e. The van der Waals surface area contributed by atoms with E-state index in [1.807, 2.05) is 24.5 Å². The number of pyridine rings is 1. The summed E-state index contributed by atoms with van der Waals surface area (Å²) < 4.78 is 11.5. The van der Waals surface area contributed by atoms with Gasteiger partial charge in [0, 0.05) is 56.7 Å². The summed E-state index contributed by atoms with van der Waals surface area (Å²) in [7, 11) is 0. The summed E-state index contributed by atoms with van der Waals surface area (Å²) >= 11 is 0. The highest BCUT2D eigenvalue weighted by Gasteiger charge is 2.24. The zero-order chi connectivity index (χ0) is 17.1. The molecule has 2 aliphatic heterocycles. The molecule has 0 aliphatic carbocycles. The Hall–Kier alpha value is -2.11. The van der Waals surface area contributed by atoms with Crippen molar-refractivity contribution in [2.45, 2.75) is 19.5 Å². The molecule has 1 aromatic carbocycles. The molecule has 2 aromatic rings. The number of fused-ring (bicyclic) bond motifs is 1. The molecule has 4 rings (SSSR count). The second-order valence-corrected chi connectivity index (χ2v) is 6.72. The Morgan fingerprint density at radius 2 is 1.88 bits per heavy atom. The summed E-state index contributed by atoms with van der Waals surface area (Å²) in [5.41, 5.74) is 2.52. The van der Waals surface area contributed by atoms with Crippen molar-refractivity contribution in [3.8, 4) is 11.5 Å². The monoisotopic (exact) mass is 339 g/mol. The summed E-state index contributed by atoms with van der Waals surface area (Å²) in [5, 5.41) is 0. The number of aromatic nitrogens is 1. The van der Waals surface area contributed by atoms with Gasteiger partial charge in [0.15, 0.2) is 11.5 Å². The quantitative estimate of drug-likeness (QED) is 0.856. The molecular formula is C20H25N3O2. The number of benzene rings is 1. The number of rotatable bonds is 4. The van der Waals surface area contributed by atoms with E-state index in [1.165, 1.54) is 11.1 Å². The summed E-state index contributed by atoms with van der Waals surface area (Å²) in [6.45, 7) is 8.74. The van der Waals surface area contributed by atoms with Gasteiger partial charge in [0.1, 0.15) is 13.2 Å². The van der Waals surface area contributed by atoms with Gasteiger partial charge in [-0.15, -0.1) is 0 Å². The SMILES string of the molecule is CC(c1cccnc1)N1CCN(Cc2cccc3c2OCCO3)CC1. The molecule has 25 heavy (non-hydrogen) atoms. The van der Waals surface area contributed by atoms with E-state index >= 15 is 0 Å². The zero-order valence-electron chi connectivity index (χ0n) is 14.7. The molecule has 1 saturated heterocycles. The maximum Gasteiger partial charge on any atom is 0.165 e. The minimum absolute atomic E-state index is 0.414. The first-order valence-electron chi connectivity index (χ1n) is 9.05. The van der Waals surface area contributed by atoms with Crippen molar-refractivity contribution in [1.82, 2.24) is 14.8 Å². The van der Waals surface area contributed by atoms with Crippen LogP contribution in [0.1, 0.15) is 24.1 Å². The highest BCUT2D eigenvalue weighted by molar-refractivity contribution is 5.47. The summed E-state index contributed by atoms with van der Waals surface area (Å²) in [5.74, 6) is 1.81. The average Bonchev–Trinajstić information content (AvgIpc) is 2.69. The Kier molecular flexibility index (Phi) is 4.85. The Morgan fingerprint density at radius 1 is 1.04 bits per heavy atom. The number of hydrogen-bond acceptors (Lipinski definition) is 5. The van der Waals surface area contributed by atoms with E-state index in [0.717, 1.165) is 44.2 Å². The van der Waals surface area contributed by atoms with E-state index < -0.39 is 0 Å². The standard InChI is InChI=1S/C20H25N3O2/c1-16(17-5-3-7-21-14-17)23-10-8-22(9-11-23)15-18-4-2-6-19-20(18)25-13-12-24-19/h2-7,14,16H,8-13,15H2,1H3. The molecule has 0 spiro atoms. The van der Waals surface area contributed by atoms with Crippen LogP contribution in [-0.4, -0.2) is 54.2 Å². The molecule has 1 unspecified atom stereocenters. The molecule has 1 aromatic heterocycles. The normalized spacial score (nSPS) is 19.6. The van der Waals surface area contributed by atoms with Gasteiger partial charge in [-0.1, -0.05) is 18.2 Å². The van der Waals surface area contributed by atoms with Crippen molar-refractivity contribution in [2.24, 2.45) is 0 Å². The van der Waals surface area contributed by atoms with Crippen LogP contribution in [0.3, 0.4) is 0 Å². The Morgan fingerprint density at radius 3 is 2.68 bits per heavy atom. The predicted octanol–water partition coefficient (Wildman–Crippen LogP) is 2.73. The van der Waals surface area contributed by atoms with Gasteiger partial charge in [0.2, 0.25) is 0 Å². The van der Waals surface area contributed by atoms with E-state index in [-0.39, 0.29) is 0 Å². The third kappa shape index (κ3) is 3.62. The van der Waals surface area contributed by atoms with E-state index in [4.69, 9.17) is 9.47 Å². The molecule has 0 N–H and O–H groups in total. The second-order valence-electron chi connectivity index (χ2n) is 6.72. The molecule has 132 valence electrons. The van der Waals surface area contributed by atoms with Crippen LogP contribution >= 0.6 is 0 Å². The molecule has 0 radical (unpaired) electrons. The minimum atomic E-state index is 0.414. The lowest BCUT2D eigenvalue weighted by Crippen LogP contribution is -2.46. The number of hydrogen-bond donors (Lipinski definition) is 0. The second kappa shape index (κ2) is 7.42. The van der Waals surface area contributed by atoms with E-state index in [1.54, 1.807) is 0 Å². The van der Waals surface area contributed by atoms with Crippen molar-refractivity contribution < 1.29 is 9.47 Å². The fourth-order valence-electron chi connectivity index (χ4n) is 3.64. The molecule has 1 atom stereocenters. The van der Waals surface area contributed by atoms with Crippen LogP contribution < -0.4 is 9.47 Å². The first kappa shape index (κ1) is 16.4. The fraction of sp³-hybridized carbons (Fsp3) is 0.450. The Bertz CT molecular complexity index is 699. The average molecular weight is 339 g/mol. The van der Waals surface area contributed by atoms with Crippen LogP contribution in [0, 0.1) is 0 Å². The lowest BCUT2D eigenvalue weighted by atomic mass is 10.1. The van der Waals surface area contributed by atoms with E-state index in [0.29, 0.717) is 19.3 Å². The number of piperazine rings is 1. The van der Waals surface area contributed by atoms with Crippen LogP contribution in [0.5, 0.6) is 11.5 Å². The molecule has 5 heteroatoms. The molecule has 5 nitrogen and oxygen atoms in total. The van der Waals surface area contributed by atoms with Crippen molar-refractivity contribution >= 4 is 0 Å². The lowest BCUT2D eigenvalue weighted by Gasteiger charge is -2.38. The number of nitrogens with zero attached hydrogens (tertiary/aromatic N) is 3. The van der Waals surface area contributed by atoms with Crippen LogP contribution in [0.2, 0.25) is 0 Å². The van der Waals surface area contributed by atoms with Crippen molar-refractivity contribution in [1.29, 1.82) is 0 Å². The topological polar surface area (TPSA) is 37.8 Å². The van der Waals surface area contributed by atoms with Gasteiger partial charge in [-0.25, -0.2) is 0 Å². The first-order valence-corrected chi connectivity index (χ1v) is 9.05. The fourth-order valence-corrected chi connectivity index (χ4v) is 3.64. The molecular weight excluding hydrogens is 314 g/mol. The van der Waals surface area contributed by atoms with E-state index in [9.17, 15) is 0 Å². The molecule has 3 heterocycles. The van der Waals surface area contributed by atoms with Crippen LogP contribution in [0.25, 0.3) is 0 Å². The molecule has 0 bridgehead atoms. The van der Waals surface area contributed by atoms with Crippen LogP contribution in [-0.2, 0) is 6.54 Å². The van der Waals surface area contributed by atoms with Crippen LogP contribution in [0.4, 0.5) is 0 Å². The minimum Gasteiger partial charge on any atom is -0.486 e. The molecule has 0 amide bonds. The summed E-state index contributed by atoms with van der Waals surface area (Å²) in [6.07, 6.45) is 3.81. The van der Waals surface area contributed by atoms with E-state index in [2.05, 4.69) is 39.9 Å². The maximum absolute atomic E-state index is 5.84. The zero-order valence-corrected chi connectivity index (χ0v) is 14.7. The van der Waals surface area contributed by atoms with Crippen molar-refractivity contribution in [3.05, 3.63) is 53.9 Å². The molecule has 1 fully saturated rings. The predicted molar refractivity (Wildman–Crippen MR) is 96.9 cm³/mol. The van der Waals surface area contributed by atoms with Gasteiger partial charge in [0.25, 0.3) is 0 Å². The summed E-state index contributed by atoms with van der Waals surface area (Å²) in [6, 6.07) is 10.8. The third-order valence-corrected chi connectivity index (χ3v) is 5.16. The van der Waals surface area contributed by atoms with Gasteiger partial charge in [-0.05, 0) is 24.6 Å². The third-order valence-electron chi connectivity index (χ3n) is 5.16. The molecule has 0 saturated carbocycles. The van der Waals surface area contributed by atoms with Gasteiger partial charge < -0.3 is 9.47 Å². The van der Waals surface area contributed by atoms with Crippen molar-refractivity contribution in [2.75, 3.05) is 39.4 Å². The highest BCUT2D eigenvalue weighted by Crippen LogP contribution is 2.34. The van der Waals surface area contributed by atoms with Gasteiger partial charge in [-0.3, -0.25) is 14.8 Å². The lowest BCUT2D eigenvalue weighted by molar-refractivity contribution is 0.0958. The summed E-state index contributed by atoms with van der Waals surface area (Å²) in [4.78, 5) is 9.28.